The quantitative estimate of drug-likeness (QED) is 0.762. The van der Waals surface area contributed by atoms with Crippen molar-refractivity contribution in [3.63, 3.8) is 0 Å². The smallest absolute Gasteiger partial charge is 0.261 e. The first kappa shape index (κ1) is 12.0. The highest BCUT2D eigenvalue weighted by Gasteiger charge is 2.15. The lowest BCUT2D eigenvalue weighted by atomic mass is 10.2. The maximum absolute atomic E-state index is 13.5. The second-order valence-electron chi connectivity index (χ2n) is 3.73. The third-order valence-electron chi connectivity index (χ3n) is 2.41. The fourth-order valence-corrected chi connectivity index (χ4v) is 1.41. The number of aromatic amines is 1. The molecule has 0 fully saturated rings. The molecule has 2 rings (SSSR count). The Kier molecular flexibility index (Phi) is 2.97. The maximum Gasteiger partial charge on any atom is 0.261 e. The largest absolute Gasteiger partial charge is 0.383 e. The van der Waals surface area contributed by atoms with Gasteiger partial charge >= 0.3 is 0 Å². The highest BCUT2D eigenvalue weighted by Crippen LogP contribution is 2.20. The molecule has 0 radical (unpaired) electrons. The van der Waals surface area contributed by atoms with Crippen molar-refractivity contribution in [2.24, 2.45) is 0 Å². The number of anilines is 2. The molecule has 18 heavy (non-hydrogen) atoms. The van der Waals surface area contributed by atoms with Crippen LogP contribution in [0.4, 0.5) is 20.3 Å². The van der Waals surface area contributed by atoms with Gasteiger partial charge in [-0.05, 0) is 18.6 Å². The zero-order chi connectivity index (χ0) is 13.3. The third-order valence-corrected chi connectivity index (χ3v) is 2.41. The lowest BCUT2D eigenvalue weighted by molar-refractivity contribution is 0.102. The van der Waals surface area contributed by atoms with Gasteiger partial charge in [0, 0.05) is 6.07 Å². The van der Waals surface area contributed by atoms with Gasteiger partial charge in [-0.3, -0.25) is 9.89 Å². The predicted molar refractivity (Wildman–Crippen MR) is 62.0 cm³/mol. The number of nitrogens with zero attached hydrogens (tertiary/aromatic N) is 1. The number of halogens is 2. The summed E-state index contributed by atoms with van der Waals surface area (Å²) in [5.41, 5.74) is 5.42. The fraction of sp³-hybridized carbons (Fsp3) is 0.0909. The summed E-state index contributed by atoms with van der Waals surface area (Å²) in [5.74, 6) is -1.93. The van der Waals surface area contributed by atoms with Crippen molar-refractivity contribution in [3.05, 3.63) is 41.1 Å². The Morgan fingerprint density at radius 3 is 2.72 bits per heavy atom. The van der Waals surface area contributed by atoms with Crippen LogP contribution >= 0.6 is 0 Å². The standard InChI is InChI=1S/C11H10F2N4O/c1-5-2-8(13)9(3-7(5)12)16-11(18)6-4-15-17-10(6)14/h2-4H,1H3,(H,16,18)(H3,14,15,17). The molecular weight excluding hydrogens is 242 g/mol. The molecule has 0 unspecified atom stereocenters. The van der Waals surface area contributed by atoms with Crippen molar-refractivity contribution in [2.75, 3.05) is 11.1 Å². The zero-order valence-electron chi connectivity index (χ0n) is 9.42. The summed E-state index contributed by atoms with van der Waals surface area (Å²) in [7, 11) is 0. The van der Waals surface area contributed by atoms with Crippen LogP contribution in [0.1, 0.15) is 15.9 Å². The minimum absolute atomic E-state index is 0.0560. The van der Waals surface area contributed by atoms with Crippen LogP contribution in [0.15, 0.2) is 18.3 Å². The number of amides is 1. The average molecular weight is 252 g/mol. The van der Waals surface area contributed by atoms with E-state index in [9.17, 15) is 13.6 Å². The van der Waals surface area contributed by atoms with E-state index in [4.69, 9.17) is 5.73 Å². The van der Waals surface area contributed by atoms with Crippen LogP contribution in [0, 0.1) is 18.6 Å². The van der Waals surface area contributed by atoms with E-state index in [0.717, 1.165) is 12.1 Å². The van der Waals surface area contributed by atoms with E-state index in [-0.39, 0.29) is 22.6 Å². The van der Waals surface area contributed by atoms with Crippen LogP contribution in [0.5, 0.6) is 0 Å². The molecule has 0 saturated heterocycles. The van der Waals surface area contributed by atoms with Gasteiger partial charge in [0.2, 0.25) is 0 Å². The fourth-order valence-electron chi connectivity index (χ4n) is 1.41. The van der Waals surface area contributed by atoms with Crippen LogP contribution in [0.2, 0.25) is 0 Å². The monoisotopic (exact) mass is 252 g/mol. The van der Waals surface area contributed by atoms with E-state index in [2.05, 4.69) is 15.5 Å². The van der Waals surface area contributed by atoms with E-state index in [1.54, 1.807) is 0 Å². The van der Waals surface area contributed by atoms with E-state index >= 15 is 0 Å². The molecule has 0 spiro atoms. The van der Waals surface area contributed by atoms with E-state index in [1.807, 2.05) is 0 Å². The molecule has 0 aliphatic carbocycles. The van der Waals surface area contributed by atoms with Gasteiger partial charge in [0.1, 0.15) is 23.0 Å². The van der Waals surface area contributed by atoms with Gasteiger partial charge < -0.3 is 11.1 Å². The minimum atomic E-state index is -0.718. The zero-order valence-corrected chi connectivity index (χ0v) is 9.42. The summed E-state index contributed by atoms with van der Waals surface area (Å²) in [6, 6.07) is 1.92. The molecule has 7 heteroatoms. The summed E-state index contributed by atoms with van der Waals surface area (Å²) in [4.78, 5) is 11.7. The number of nitrogens with one attached hydrogen (secondary N) is 2. The molecule has 0 bridgehead atoms. The number of nitrogens with two attached hydrogens (primary N) is 1. The van der Waals surface area contributed by atoms with Gasteiger partial charge in [-0.15, -0.1) is 0 Å². The number of H-pyrrole nitrogens is 1. The second-order valence-corrected chi connectivity index (χ2v) is 3.73. The van der Waals surface area contributed by atoms with Gasteiger partial charge in [0.05, 0.1) is 11.9 Å². The molecular formula is C11H10F2N4O. The molecule has 5 nitrogen and oxygen atoms in total. The topological polar surface area (TPSA) is 83.8 Å². The Morgan fingerprint density at radius 1 is 1.39 bits per heavy atom. The second kappa shape index (κ2) is 4.44. The maximum atomic E-state index is 13.5. The lowest BCUT2D eigenvalue weighted by Crippen LogP contribution is -2.14. The van der Waals surface area contributed by atoms with Crippen LogP contribution in [-0.2, 0) is 0 Å². The van der Waals surface area contributed by atoms with Crippen LogP contribution in [0.25, 0.3) is 0 Å². The molecule has 0 aliphatic heterocycles. The van der Waals surface area contributed by atoms with Gasteiger partial charge in [0.25, 0.3) is 5.91 Å². The van der Waals surface area contributed by atoms with Gasteiger partial charge in [-0.1, -0.05) is 0 Å². The number of carbonyl (C=O) groups excluding carboxylic acids is 1. The van der Waals surface area contributed by atoms with Gasteiger partial charge in [-0.2, -0.15) is 5.10 Å². The first-order valence-electron chi connectivity index (χ1n) is 5.05. The van der Waals surface area contributed by atoms with Crippen molar-refractivity contribution in [1.82, 2.24) is 10.2 Å². The lowest BCUT2D eigenvalue weighted by Gasteiger charge is -2.07. The third kappa shape index (κ3) is 2.15. The molecule has 94 valence electrons. The Morgan fingerprint density at radius 2 is 2.11 bits per heavy atom. The number of benzene rings is 1. The number of hydrogen-bond donors (Lipinski definition) is 3. The number of aryl methyl sites for hydroxylation is 1. The molecule has 0 atom stereocenters. The van der Waals surface area contributed by atoms with Crippen molar-refractivity contribution in [1.29, 1.82) is 0 Å². The summed E-state index contributed by atoms with van der Waals surface area (Å²) < 4.78 is 26.8. The van der Waals surface area contributed by atoms with E-state index in [0.29, 0.717) is 0 Å². The Hall–Kier alpha value is -2.44. The first-order chi connectivity index (χ1) is 8.49. The number of carbonyl (C=O) groups is 1. The highest BCUT2D eigenvalue weighted by atomic mass is 19.1. The number of hydrogen-bond acceptors (Lipinski definition) is 3. The Bertz CT molecular complexity index is 609. The summed E-state index contributed by atoms with van der Waals surface area (Å²) in [6.45, 7) is 1.43. The summed E-state index contributed by atoms with van der Waals surface area (Å²) in [6.07, 6.45) is 1.20. The number of nitrogen functional groups attached to an aromatic ring is 1. The molecule has 0 aliphatic rings. The average Bonchev–Trinajstić information content (AvgIpc) is 2.72. The first-order valence-corrected chi connectivity index (χ1v) is 5.05. The minimum Gasteiger partial charge on any atom is -0.383 e. The van der Waals surface area contributed by atoms with E-state index in [1.165, 1.54) is 13.1 Å². The van der Waals surface area contributed by atoms with Crippen molar-refractivity contribution in [2.45, 2.75) is 6.92 Å². The normalized spacial score (nSPS) is 10.4. The predicted octanol–water partition coefficient (Wildman–Crippen LogP) is 1.83. The molecule has 1 heterocycles. The van der Waals surface area contributed by atoms with Gasteiger partial charge in [-0.25, -0.2) is 8.78 Å². The van der Waals surface area contributed by atoms with Crippen molar-refractivity contribution in [3.8, 4) is 0 Å². The molecule has 4 N–H and O–H groups in total. The SMILES string of the molecule is Cc1cc(F)c(NC(=O)c2cn[nH]c2N)cc1F. The van der Waals surface area contributed by atoms with Crippen molar-refractivity contribution >= 4 is 17.4 Å². The Balaban J connectivity index is 2.28. The molecule has 2 aromatic rings. The molecule has 1 amide bonds. The van der Waals surface area contributed by atoms with E-state index < -0.39 is 17.5 Å². The van der Waals surface area contributed by atoms with Crippen LogP contribution < -0.4 is 11.1 Å². The van der Waals surface area contributed by atoms with Crippen molar-refractivity contribution < 1.29 is 13.6 Å². The summed E-state index contributed by atoms with van der Waals surface area (Å²) >= 11 is 0. The number of rotatable bonds is 2. The molecule has 1 aromatic heterocycles. The number of aromatic nitrogens is 2. The summed E-state index contributed by atoms with van der Waals surface area (Å²) in [5, 5.41) is 8.16. The Labute approximate surface area is 101 Å². The van der Waals surface area contributed by atoms with Crippen LogP contribution in [0.3, 0.4) is 0 Å². The van der Waals surface area contributed by atoms with Crippen LogP contribution in [-0.4, -0.2) is 16.1 Å². The molecule has 1 aromatic carbocycles. The highest BCUT2D eigenvalue weighted by molar-refractivity contribution is 6.07. The van der Waals surface area contributed by atoms with Gasteiger partial charge in [0.15, 0.2) is 0 Å². The molecule has 0 saturated carbocycles.